The Bertz CT molecular complexity index is 640. The van der Waals surface area contributed by atoms with E-state index in [0.717, 1.165) is 12.1 Å². The predicted octanol–water partition coefficient (Wildman–Crippen LogP) is 3.18. The molecule has 1 aromatic carbocycles. The van der Waals surface area contributed by atoms with Crippen LogP contribution in [0.15, 0.2) is 17.0 Å². The molecule has 0 bridgehead atoms. The molecule has 118 valence electrons. The first-order valence-electron chi connectivity index (χ1n) is 5.80. The fourth-order valence-corrected chi connectivity index (χ4v) is 2.38. The van der Waals surface area contributed by atoms with Gasteiger partial charge in [0.05, 0.1) is 34.5 Å². The molecule has 1 aromatic rings. The maximum Gasteiger partial charge on any atom is 0.446 e. The van der Waals surface area contributed by atoms with E-state index in [9.17, 15) is 28.1 Å². The van der Waals surface area contributed by atoms with Crippen LogP contribution in [-0.2, 0) is 16.0 Å². The number of rotatable bonds is 5. The Hall–Kier alpha value is -2.28. The van der Waals surface area contributed by atoms with Gasteiger partial charge >= 0.3 is 11.5 Å². The van der Waals surface area contributed by atoms with Crippen LogP contribution < -0.4 is 0 Å². The van der Waals surface area contributed by atoms with Crippen molar-refractivity contribution in [3.8, 4) is 6.07 Å². The number of halogens is 3. The minimum Gasteiger partial charge on any atom is -0.466 e. The molecule has 0 aliphatic carbocycles. The van der Waals surface area contributed by atoms with Gasteiger partial charge in [0.25, 0.3) is 5.69 Å². The number of nitro groups is 1. The Morgan fingerprint density at radius 2 is 2.14 bits per heavy atom. The van der Waals surface area contributed by atoms with E-state index in [1.807, 2.05) is 0 Å². The van der Waals surface area contributed by atoms with E-state index >= 15 is 0 Å². The van der Waals surface area contributed by atoms with E-state index in [1.54, 1.807) is 6.07 Å². The first-order valence-corrected chi connectivity index (χ1v) is 6.62. The maximum absolute atomic E-state index is 12.5. The molecule has 0 saturated carbocycles. The zero-order valence-electron chi connectivity index (χ0n) is 11.1. The molecule has 0 spiro atoms. The van der Waals surface area contributed by atoms with Crippen LogP contribution in [-0.4, -0.2) is 23.0 Å². The predicted molar refractivity (Wildman–Crippen MR) is 70.1 cm³/mol. The van der Waals surface area contributed by atoms with Gasteiger partial charge in [0.1, 0.15) is 0 Å². The zero-order chi connectivity index (χ0) is 16.9. The maximum atomic E-state index is 12.5. The van der Waals surface area contributed by atoms with Crippen molar-refractivity contribution in [1.82, 2.24) is 0 Å². The Balaban J connectivity index is 3.40. The molecule has 0 heterocycles. The van der Waals surface area contributed by atoms with Crippen LogP contribution in [0.1, 0.15) is 18.1 Å². The van der Waals surface area contributed by atoms with Crippen LogP contribution in [0.2, 0.25) is 0 Å². The lowest BCUT2D eigenvalue weighted by Crippen LogP contribution is -2.11. The molecule has 1 rings (SSSR count). The van der Waals surface area contributed by atoms with E-state index in [-0.39, 0.29) is 17.7 Å². The number of thioether (sulfide) groups is 1. The monoisotopic (exact) mass is 334 g/mol. The van der Waals surface area contributed by atoms with Crippen molar-refractivity contribution in [1.29, 1.82) is 5.26 Å². The van der Waals surface area contributed by atoms with Gasteiger partial charge in [0.2, 0.25) is 0 Å². The fraction of sp³-hybridized carbons (Fsp3) is 0.333. The lowest BCUT2D eigenvalue weighted by Gasteiger charge is -2.10. The summed E-state index contributed by atoms with van der Waals surface area (Å²) in [6.07, 6.45) is -0.592. The molecule has 6 nitrogen and oxygen atoms in total. The second kappa shape index (κ2) is 7.13. The summed E-state index contributed by atoms with van der Waals surface area (Å²) in [4.78, 5) is 20.7. The summed E-state index contributed by atoms with van der Waals surface area (Å²) in [7, 11) is 0. The van der Waals surface area contributed by atoms with Crippen LogP contribution >= 0.6 is 11.8 Å². The summed E-state index contributed by atoms with van der Waals surface area (Å²) in [5, 5.41) is 19.9. The molecule has 0 amide bonds. The third-order valence-electron chi connectivity index (χ3n) is 2.33. The summed E-state index contributed by atoms with van der Waals surface area (Å²) in [5.41, 5.74) is -6.12. The molecule has 0 N–H and O–H groups in total. The lowest BCUT2D eigenvalue weighted by atomic mass is 10.1. The number of carbonyl (C=O) groups excluding carboxylic acids is 1. The minimum atomic E-state index is -4.76. The SMILES string of the molecule is CCOC(=O)Cc1cc(C#N)cc(SC(F)(F)F)c1[N+](=O)[O-]. The van der Waals surface area contributed by atoms with E-state index in [1.165, 1.54) is 6.92 Å². The largest absolute Gasteiger partial charge is 0.466 e. The summed E-state index contributed by atoms with van der Waals surface area (Å²) in [6.45, 7) is 1.54. The molecule has 0 saturated heterocycles. The summed E-state index contributed by atoms with van der Waals surface area (Å²) >= 11 is -0.705. The van der Waals surface area contributed by atoms with Crippen molar-refractivity contribution in [3.63, 3.8) is 0 Å². The van der Waals surface area contributed by atoms with Crippen LogP contribution in [0, 0.1) is 21.4 Å². The number of esters is 1. The molecular formula is C12H9F3N2O4S. The Morgan fingerprint density at radius 1 is 1.50 bits per heavy atom. The summed E-state index contributed by atoms with van der Waals surface area (Å²) in [5.74, 6) is -0.830. The molecule has 0 atom stereocenters. The van der Waals surface area contributed by atoms with E-state index in [0.29, 0.717) is 0 Å². The van der Waals surface area contributed by atoms with Gasteiger partial charge in [0, 0.05) is 5.56 Å². The molecule has 0 aliphatic rings. The van der Waals surface area contributed by atoms with Crippen molar-refractivity contribution in [3.05, 3.63) is 33.4 Å². The van der Waals surface area contributed by atoms with Gasteiger partial charge in [-0.2, -0.15) is 18.4 Å². The third kappa shape index (κ3) is 4.92. The molecule has 0 radical (unpaired) electrons. The number of carbonyl (C=O) groups is 1. The fourth-order valence-electron chi connectivity index (χ4n) is 1.64. The number of hydrogen-bond acceptors (Lipinski definition) is 6. The number of nitro benzene ring substituents is 1. The van der Waals surface area contributed by atoms with Gasteiger partial charge in [-0.25, -0.2) is 0 Å². The highest BCUT2D eigenvalue weighted by Crippen LogP contribution is 2.43. The molecular weight excluding hydrogens is 325 g/mol. The summed E-state index contributed by atoms with van der Waals surface area (Å²) in [6, 6.07) is 3.39. The van der Waals surface area contributed by atoms with Crippen LogP contribution in [0.5, 0.6) is 0 Å². The van der Waals surface area contributed by atoms with E-state index < -0.39 is 45.2 Å². The van der Waals surface area contributed by atoms with E-state index in [4.69, 9.17) is 5.26 Å². The molecule has 0 unspecified atom stereocenters. The zero-order valence-corrected chi connectivity index (χ0v) is 12.0. The summed E-state index contributed by atoms with van der Waals surface area (Å²) < 4.78 is 42.1. The van der Waals surface area contributed by atoms with Crippen LogP contribution in [0.3, 0.4) is 0 Å². The van der Waals surface area contributed by atoms with Crippen LogP contribution in [0.4, 0.5) is 18.9 Å². The van der Waals surface area contributed by atoms with Crippen molar-refractivity contribution >= 4 is 23.4 Å². The van der Waals surface area contributed by atoms with Crippen molar-refractivity contribution in [2.75, 3.05) is 6.61 Å². The number of alkyl halides is 3. The third-order valence-corrected chi connectivity index (χ3v) is 3.09. The van der Waals surface area contributed by atoms with E-state index in [2.05, 4.69) is 4.74 Å². The Labute approximate surface area is 127 Å². The number of hydrogen-bond donors (Lipinski definition) is 0. The van der Waals surface area contributed by atoms with Gasteiger partial charge in [-0.3, -0.25) is 14.9 Å². The average molecular weight is 334 g/mol. The van der Waals surface area contributed by atoms with Crippen molar-refractivity contribution in [2.45, 2.75) is 23.7 Å². The Kier molecular flexibility index (Phi) is 5.76. The number of benzene rings is 1. The molecule has 0 aromatic heterocycles. The molecule has 10 heteroatoms. The van der Waals surface area contributed by atoms with Gasteiger partial charge < -0.3 is 4.74 Å². The number of nitriles is 1. The Morgan fingerprint density at radius 3 is 2.59 bits per heavy atom. The normalized spacial score (nSPS) is 10.9. The lowest BCUT2D eigenvalue weighted by molar-refractivity contribution is -0.388. The highest BCUT2D eigenvalue weighted by Gasteiger charge is 2.35. The second-order valence-electron chi connectivity index (χ2n) is 3.88. The highest BCUT2D eigenvalue weighted by molar-refractivity contribution is 8.00. The van der Waals surface area contributed by atoms with Crippen LogP contribution in [0.25, 0.3) is 0 Å². The second-order valence-corrected chi connectivity index (χ2v) is 4.99. The molecule has 22 heavy (non-hydrogen) atoms. The standard InChI is InChI=1S/C12H9F3N2O4S/c1-2-21-10(18)5-8-3-7(6-16)4-9(11(8)17(19)20)22-12(13,14)15/h3-4H,2,5H2,1H3. The minimum absolute atomic E-state index is 0.0225. The van der Waals surface area contributed by atoms with Gasteiger partial charge in [-0.05, 0) is 30.8 Å². The van der Waals surface area contributed by atoms with Gasteiger partial charge in [0.15, 0.2) is 0 Å². The quantitative estimate of drug-likeness (QED) is 0.355. The topological polar surface area (TPSA) is 93.2 Å². The van der Waals surface area contributed by atoms with Gasteiger partial charge in [-0.15, -0.1) is 0 Å². The van der Waals surface area contributed by atoms with Crippen molar-refractivity contribution in [2.24, 2.45) is 0 Å². The van der Waals surface area contributed by atoms with Gasteiger partial charge in [-0.1, -0.05) is 0 Å². The smallest absolute Gasteiger partial charge is 0.446 e. The number of ether oxygens (including phenoxy) is 1. The molecule has 0 aliphatic heterocycles. The first-order chi connectivity index (χ1) is 10.2. The highest BCUT2D eigenvalue weighted by atomic mass is 32.2. The number of nitrogens with zero attached hydrogens (tertiary/aromatic N) is 2. The molecule has 0 fully saturated rings. The first kappa shape index (κ1) is 17.8. The average Bonchev–Trinajstić information content (AvgIpc) is 2.35. The van der Waals surface area contributed by atoms with Crippen molar-refractivity contribution < 1.29 is 27.6 Å².